The van der Waals surface area contributed by atoms with Gasteiger partial charge in [-0.15, -0.1) is 0 Å². The highest BCUT2D eigenvalue weighted by Gasteiger charge is 2.45. The summed E-state index contributed by atoms with van der Waals surface area (Å²) >= 11 is 0. The van der Waals surface area contributed by atoms with E-state index in [0.29, 0.717) is 12.0 Å². The monoisotopic (exact) mass is 440 g/mol. The first-order valence-corrected chi connectivity index (χ1v) is 11.4. The summed E-state index contributed by atoms with van der Waals surface area (Å²) < 4.78 is 5.61. The zero-order valence-corrected chi connectivity index (χ0v) is 19.2. The highest BCUT2D eigenvalue weighted by molar-refractivity contribution is 6.08. The molecule has 1 heterocycles. The molecular formula is C28H28N2O3. The number of nitrogens with zero attached hydrogens (tertiary/aromatic N) is 1. The van der Waals surface area contributed by atoms with Crippen LogP contribution in [0.2, 0.25) is 0 Å². The van der Waals surface area contributed by atoms with Gasteiger partial charge in [0.2, 0.25) is 0 Å². The number of anilines is 1. The van der Waals surface area contributed by atoms with E-state index in [1.165, 1.54) is 5.56 Å². The second-order valence-corrected chi connectivity index (χ2v) is 8.95. The van der Waals surface area contributed by atoms with Gasteiger partial charge in [-0.3, -0.25) is 9.59 Å². The zero-order chi connectivity index (χ0) is 23.1. The number of hydrogen-bond donors (Lipinski definition) is 1. The fourth-order valence-electron chi connectivity index (χ4n) is 5.35. The van der Waals surface area contributed by atoms with E-state index in [9.17, 15) is 9.59 Å². The number of nitrogens with one attached hydrogen (secondary N) is 1. The van der Waals surface area contributed by atoms with Crippen LogP contribution in [0.5, 0.6) is 5.75 Å². The molecule has 1 N–H and O–H groups in total. The van der Waals surface area contributed by atoms with Crippen molar-refractivity contribution in [3.05, 3.63) is 94.0 Å². The van der Waals surface area contributed by atoms with E-state index >= 15 is 0 Å². The van der Waals surface area contributed by atoms with Gasteiger partial charge >= 0.3 is 0 Å². The smallest absolute Gasteiger partial charge is 0.255 e. The van der Waals surface area contributed by atoms with E-state index in [1.54, 1.807) is 7.11 Å². The molecule has 3 aromatic rings. The summed E-state index contributed by atoms with van der Waals surface area (Å²) in [6.45, 7) is 3.97. The average molecular weight is 441 g/mol. The van der Waals surface area contributed by atoms with Gasteiger partial charge in [0.25, 0.3) is 11.8 Å². The number of amides is 2. The Morgan fingerprint density at radius 3 is 2.48 bits per heavy atom. The highest BCUT2D eigenvalue weighted by atomic mass is 16.5. The molecule has 5 nitrogen and oxygen atoms in total. The molecule has 2 aliphatic rings. The third kappa shape index (κ3) is 3.58. The number of hydrogen-bond acceptors (Lipinski definition) is 3. The molecule has 0 spiro atoms. The lowest BCUT2D eigenvalue weighted by Gasteiger charge is -2.36. The molecule has 33 heavy (non-hydrogen) atoms. The maximum absolute atomic E-state index is 13.7. The molecule has 2 amide bonds. The number of benzene rings is 3. The van der Waals surface area contributed by atoms with Crippen LogP contribution in [0, 0.1) is 13.8 Å². The standard InChI is InChI=1S/C28H28N2O3/c1-17-8-6-9-18(2)25(17)29-27(31)26-21-11-4-5-12-22(21)28(32)30(26)20-15-14-19-10-7-13-24(33-3)23(19)16-20/h4-13,20,26H,14-16H2,1-3H3,(H,29,31)/t20-,26?/m0/s1. The van der Waals surface area contributed by atoms with Crippen LogP contribution in [0.15, 0.2) is 60.7 Å². The maximum atomic E-state index is 13.7. The van der Waals surface area contributed by atoms with Crippen LogP contribution >= 0.6 is 0 Å². The third-order valence-electron chi connectivity index (χ3n) is 7.01. The van der Waals surface area contributed by atoms with Crippen molar-refractivity contribution in [2.45, 2.75) is 45.2 Å². The van der Waals surface area contributed by atoms with Gasteiger partial charge in [0.05, 0.1) is 7.11 Å². The SMILES string of the molecule is COc1cccc2c1C[C@@H](N1C(=O)c3ccccc3C1C(=O)Nc1c(C)cccc1C)CC2. The molecule has 5 rings (SSSR count). The van der Waals surface area contributed by atoms with Gasteiger partial charge in [-0.05, 0) is 73.1 Å². The largest absolute Gasteiger partial charge is 0.496 e. The quantitative estimate of drug-likeness (QED) is 0.621. The van der Waals surface area contributed by atoms with E-state index < -0.39 is 6.04 Å². The summed E-state index contributed by atoms with van der Waals surface area (Å²) in [7, 11) is 1.68. The van der Waals surface area contributed by atoms with Gasteiger partial charge in [0, 0.05) is 17.3 Å². The fraction of sp³-hybridized carbons (Fsp3) is 0.286. The van der Waals surface area contributed by atoms with Crippen LogP contribution in [-0.2, 0) is 17.6 Å². The minimum Gasteiger partial charge on any atom is -0.496 e. The summed E-state index contributed by atoms with van der Waals surface area (Å²) in [5.74, 6) is 0.602. The Morgan fingerprint density at radius 1 is 1.00 bits per heavy atom. The van der Waals surface area contributed by atoms with Crippen molar-refractivity contribution in [2.75, 3.05) is 12.4 Å². The van der Waals surface area contributed by atoms with Crippen molar-refractivity contribution in [1.29, 1.82) is 0 Å². The lowest BCUT2D eigenvalue weighted by molar-refractivity contribution is -0.121. The summed E-state index contributed by atoms with van der Waals surface area (Å²) in [6.07, 6.45) is 2.34. The Balaban J connectivity index is 1.52. The fourth-order valence-corrected chi connectivity index (χ4v) is 5.35. The van der Waals surface area contributed by atoms with Crippen molar-refractivity contribution in [3.8, 4) is 5.75 Å². The summed E-state index contributed by atoms with van der Waals surface area (Å²) in [4.78, 5) is 29.1. The maximum Gasteiger partial charge on any atom is 0.255 e. The number of carbonyl (C=O) groups is 2. The van der Waals surface area contributed by atoms with Crippen molar-refractivity contribution in [2.24, 2.45) is 0 Å². The molecule has 0 radical (unpaired) electrons. The molecule has 2 atom stereocenters. The molecule has 0 fully saturated rings. The van der Waals surface area contributed by atoms with Gasteiger partial charge in [-0.25, -0.2) is 0 Å². The minimum atomic E-state index is -0.658. The van der Waals surface area contributed by atoms with Crippen LogP contribution in [0.4, 0.5) is 5.69 Å². The summed E-state index contributed by atoms with van der Waals surface area (Å²) in [5.41, 5.74) is 6.60. The second kappa shape index (κ2) is 8.39. The minimum absolute atomic E-state index is 0.0735. The molecule has 5 heteroatoms. The number of carbonyl (C=O) groups excluding carboxylic acids is 2. The Bertz CT molecular complexity index is 1220. The Hall–Kier alpha value is -3.60. The molecule has 0 saturated carbocycles. The molecule has 1 aliphatic carbocycles. The number of ether oxygens (including phenoxy) is 1. The Kier molecular flexibility index (Phi) is 5.41. The summed E-state index contributed by atoms with van der Waals surface area (Å²) in [6, 6.07) is 18.8. The van der Waals surface area contributed by atoms with E-state index in [-0.39, 0.29) is 17.9 Å². The average Bonchev–Trinajstić information content (AvgIpc) is 3.13. The van der Waals surface area contributed by atoms with Crippen molar-refractivity contribution in [1.82, 2.24) is 4.90 Å². The first kappa shape index (κ1) is 21.3. The number of aryl methyl sites for hydroxylation is 3. The number of rotatable bonds is 4. The Morgan fingerprint density at radius 2 is 1.73 bits per heavy atom. The predicted octanol–water partition coefficient (Wildman–Crippen LogP) is 5.01. The Labute approximate surface area is 194 Å². The highest BCUT2D eigenvalue weighted by Crippen LogP contribution is 2.41. The van der Waals surface area contributed by atoms with E-state index in [1.807, 2.05) is 73.3 Å². The molecular weight excluding hydrogens is 412 g/mol. The molecule has 1 aliphatic heterocycles. The molecule has 0 aromatic heterocycles. The van der Waals surface area contributed by atoms with Crippen LogP contribution in [0.3, 0.4) is 0 Å². The van der Waals surface area contributed by atoms with Gasteiger partial charge < -0.3 is 15.0 Å². The van der Waals surface area contributed by atoms with Crippen LogP contribution < -0.4 is 10.1 Å². The van der Waals surface area contributed by atoms with Gasteiger partial charge in [-0.2, -0.15) is 0 Å². The van der Waals surface area contributed by atoms with E-state index in [0.717, 1.165) is 46.5 Å². The molecule has 168 valence electrons. The van der Waals surface area contributed by atoms with E-state index in [2.05, 4.69) is 11.4 Å². The van der Waals surface area contributed by atoms with Crippen LogP contribution in [0.25, 0.3) is 0 Å². The van der Waals surface area contributed by atoms with Gasteiger partial charge in [-0.1, -0.05) is 48.5 Å². The van der Waals surface area contributed by atoms with Gasteiger partial charge in [0.15, 0.2) is 0 Å². The van der Waals surface area contributed by atoms with Crippen LogP contribution in [0.1, 0.15) is 50.6 Å². The first-order chi connectivity index (χ1) is 16.0. The lowest BCUT2D eigenvalue weighted by atomic mass is 9.86. The van der Waals surface area contributed by atoms with Crippen molar-refractivity contribution >= 4 is 17.5 Å². The van der Waals surface area contributed by atoms with E-state index in [4.69, 9.17) is 4.74 Å². The molecule has 0 bridgehead atoms. The predicted molar refractivity (Wildman–Crippen MR) is 129 cm³/mol. The zero-order valence-electron chi connectivity index (χ0n) is 19.2. The first-order valence-electron chi connectivity index (χ1n) is 11.4. The molecule has 3 aromatic carbocycles. The third-order valence-corrected chi connectivity index (χ3v) is 7.01. The van der Waals surface area contributed by atoms with Gasteiger partial charge in [0.1, 0.15) is 11.8 Å². The summed E-state index contributed by atoms with van der Waals surface area (Å²) in [5, 5.41) is 3.14. The topological polar surface area (TPSA) is 58.6 Å². The number of methoxy groups -OCH3 is 1. The molecule has 1 unspecified atom stereocenters. The number of para-hydroxylation sites is 1. The van der Waals surface area contributed by atoms with Crippen molar-refractivity contribution < 1.29 is 14.3 Å². The number of fused-ring (bicyclic) bond motifs is 2. The molecule has 0 saturated heterocycles. The second-order valence-electron chi connectivity index (χ2n) is 8.95. The van der Waals surface area contributed by atoms with Crippen LogP contribution in [-0.4, -0.2) is 29.9 Å². The lowest BCUT2D eigenvalue weighted by Crippen LogP contribution is -2.45. The van der Waals surface area contributed by atoms with Crippen molar-refractivity contribution in [3.63, 3.8) is 0 Å². The normalized spacial score (nSPS) is 19.1.